The lowest BCUT2D eigenvalue weighted by atomic mass is 10.8. The molecule has 0 spiro atoms. The van der Waals surface area contributed by atoms with Crippen LogP contribution in [-0.2, 0) is 9.68 Å². The van der Waals surface area contributed by atoms with E-state index in [0.717, 1.165) is 0 Å². The molecule has 0 aromatic rings. The van der Waals surface area contributed by atoms with Gasteiger partial charge in [0, 0.05) is 6.54 Å². The van der Waals surface area contributed by atoms with E-state index in [0.29, 0.717) is 13.2 Å². The monoisotopic (exact) mass is 136 g/mol. The summed E-state index contributed by atoms with van der Waals surface area (Å²) in [4.78, 5) is 8.87. The van der Waals surface area contributed by atoms with Crippen molar-refractivity contribution in [1.29, 1.82) is 0 Å². The molecule has 56 valence electrons. The molecule has 0 aliphatic heterocycles. The fraction of sp³-hybridized carbons (Fsp3) is 1.00. The van der Waals surface area contributed by atoms with Gasteiger partial charge >= 0.3 is 0 Å². The molecule has 1 unspecified atom stereocenters. The second-order valence-electron chi connectivity index (χ2n) is 1.32. The Morgan fingerprint density at radius 1 is 1.56 bits per heavy atom. The molecule has 9 heavy (non-hydrogen) atoms. The lowest BCUT2D eigenvalue weighted by molar-refractivity contribution is -1.21. The van der Waals surface area contributed by atoms with Gasteiger partial charge in [0.1, 0.15) is 13.2 Å². The maximum absolute atomic E-state index is 10.3. The van der Waals surface area contributed by atoms with Crippen molar-refractivity contribution >= 4 is 0 Å². The zero-order valence-electron chi connectivity index (χ0n) is 5.42. The summed E-state index contributed by atoms with van der Waals surface area (Å²) < 4.78 is 0. The van der Waals surface area contributed by atoms with Crippen LogP contribution in [0.4, 0.5) is 0 Å². The van der Waals surface area contributed by atoms with Gasteiger partial charge in [-0.25, -0.2) is 0 Å². The molecule has 0 rings (SSSR count). The molecule has 0 saturated carbocycles. The van der Waals surface area contributed by atoms with Gasteiger partial charge in [-0.15, -0.1) is 0 Å². The minimum atomic E-state index is -0.650. The van der Waals surface area contributed by atoms with E-state index in [-0.39, 0.29) is 6.61 Å². The summed E-state index contributed by atoms with van der Waals surface area (Å²) in [6.07, 6.45) is 0. The van der Waals surface area contributed by atoms with E-state index in [1.807, 2.05) is 0 Å². The van der Waals surface area contributed by atoms with Gasteiger partial charge in [-0.2, -0.15) is 9.68 Å². The van der Waals surface area contributed by atoms with Gasteiger partial charge in [0.25, 0.3) is 0 Å². The highest BCUT2D eigenvalue weighted by Gasteiger charge is 1.93. The van der Waals surface area contributed by atoms with Crippen LogP contribution in [0.2, 0.25) is 0 Å². The number of quaternary nitrogens is 1. The van der Waals surface area contributed by atoms with Crippen molar-refractivity contribution in [3.05, 3.63) is 5.21 Å². The summed E-state index contributed by atoms with van der Waals surface area (Å²) in [6.45, 7) is 2.60. The normalized spacial score (nSPS) is 13.7. The highest BCUT2D eigenvalue weighted by molar-refractivity contribution is 4.20. The smallest absolute Gasteiger partial charge is 0.123 e. The first-order chi connectivity index (χ1) is 4.31. The zero-order valence-corrected chi connectivity index (χ0v) is 5.42. The minimum Gasteiger partial charge on any atom is -0.566 e. The van der Waals surface area contributed by atoms with Crippen LogP contribution in [0.25, 0.3) is 0 Å². The van der Waals surface area contributed by atoms with Crippen LogP contribution in [0.1, 0.15) is 6.92 Å². The van der Waals surface area contributed by atoms with Crippen molar-refractivity contribution in [2.24, 2.45) is 5.73 Å². The molecule has 5 heteroatoms. The molecule has 0 fully saturated rings. The van der Waals surface area contributed by atoms with Crippen LogP contribution in [0.5, 0.6) is 0 Å². The standard InChI is InChI=1S/C4H12N2O3/c1-2-8-6(7)9-4-3-5/h6H,2-5H2,1H3. The van der Waals surface area contributed by atoms with Crippen molar-refractivity contribution in [2.45, 2.75) is 6.92 Å². The fourth-order valence-electron chi connectivity index (χ4n) is 0.302. The topological polar surface area (TPSA) is 72.0 Å². The molecule has 0 heterocycles. The van der Waals surface area contributed by atoms with Crippen LogP contribution in [0.3, 0.4) is 0 Å². The first-order valence-electron chi connectivity index (χ1n) is 2.81. The Morgan fingerprint density at radius 3 is 2.67 bits per heavy atom. The Balaban J connectivity index is 2.95. The lowest BCUT2D eigenvalue weighted by Gasteiger charge is -2.15. The van der Waals surface area contributed by atoms with Crippen molar-refractivity contribution in [2.75, 3.05) is 19.8 Å². The van der Waals surface area contributed by atoms with Crippen LogP contribution in [0.15, 0.2) is 0 Å². The summed E-state index contributed by atoms with van der Waals surface area (Å²) in [5, 5.41) is 9.65. The van der Waals surface area contributed by atoms with E-state index >= 15 is 0 Å². The maximum atomic E-state index is 10.3. The largest absolute Gasteiger partial charge is 0.566 e. The number of rotatable bonds is 5. The summed E-state index contributed by atoms with van der Waals surface area (Å²) in [5.41, 5.74) is 5.04. The summed E-state index contributed by atoms with van der Waals surface area (Å²) in [7, 11) is 0. The molecule has 3 N–H and O–H groups in total. The van der Waals surface area contributed by atoms with Crippen LogP contribution in [-0.4, -0.2) is 19.8 Å². The molecule has 0 aromatic heterocycles. The van der Waals surface area contributed by atoms with Crippen LogP contribution < -0.4 is 11.1 Å². The Kier molecular flexibility index (Phi) is 5.80. The summed E-state index contributed by atoms with van der Waals surface area (Å²) in [6, 6.07) is 0. The maximum Gasteiger partial charge on any atom is 0.123 e. The lowest BCUT2D eigenvalue weighted by Crippen LogP contribution is -3.05. The second-order valence-corrected chi connectivity index (χ2v) is 1.32. The average Bonchev–Trinajstić information content (AvgIpc) is 1.85. The first kappa shape index (κ1) is 8.80. The minimum absolute atomic E-state index is 0.221. The van der Waals surface area contributed by atoms with Gasteiger partial charge in [0.05, 0.1) is 0 Å². The molecule has 0 aliphatic rings. The van der Waals surface area contributed by atoms with Crippen molar-refractivity contribution in [3.8, 4) is 0 Å². The van der Waals surface area contributed by atoms with Crippen LogP contribution in [0, 0.1) is 5.21 Å². The van der Waals surface area contributed by atoms with Crippen molar-refractivity contribution in [3.63, 3.8) is 0 Å². The fourth-order valence-corrected chi connectivity index (χ4v) is 0.302. The molecule has 0 aliphatic carbocycles. The zero-order chi connectivity index (χ0) is 7.11. The highest BCUT2D eigenvalue weighted by atomic mass is 17.1. The molecule has 0 aromatic carbocycles. The molecule has 0 amide bonds. The van der Waals surface area contributed by atoms with E-state index in [9.17, 15) is 5.21 Å². The second kappa shape index (κ2) is 5.93. The number of nitrogens with one attached hydrogen (secondary N) is 1. The predicted molar refractivity (Wildman–Crippen MR) is 31.0 cm³/mol. The highest BCUT2D eigenvalue weighted by Crippen LogP contribution is 1.58. The number of hydrogen-bond donors (Lipinski definition) is 2. The van der Waals surface area contributed by atoms with E-state index in [1.165, 1.54) is 0 Å². The molecule has 1 atom stereocenters. The van der Waals surface area contributed by atoms with Gasteiger partial charge in [-0.05, 0) is 6.92 Å². The third-order valence-corrected chi connectivity index (χ3v) is 0.600. The van der Waals surface area contributed by atoms with E-state index in [2.05, 4.69) is 9.68 Å². The third-order valence-electron chi connectivity index (χ3n) is 0.600. The third kappa shape index (κ3) is 5.67. The SMILES string of the molecule is CCO[NH+]([O-])OCCN. The summed E-state index contributed by atoms with van der Waals surface area (Å²) in [5.74, 6) is 0. The van der Waals surface area contributed by atoms with Crippen molar-refractivity contribution < 1.29 is 15.1 Å². The number of nitrogens with two attached hydrogens (primary N) is 1. The molecule has 0 saturated heterocycles. The van der Waals surface area contributed by atoms with Crippen LogP contribution >= 0.6 is 0 Å². The van der Waals surface area contributed by atoms with Gasteiger partial charge in [0.15, 0.2) is 0 Å². The van der Waals surface area contributed by atoms with Gasteiger partial charge in [-0.3, -0.25) is 0 Å². The van der Waals surface area contributed by atoms with Crippen molar-refractivity contribution in [1.82, 2.24) is 0 Å². The molecule has 0 radical (unpaired) electrons. The van der Waals surface area contributed by atoms with Gasteiger partial charge < -0.3 is 10.9 Å². The Bertz CT molecular complexity index is 61.8. The van der Waals surface area contributed by atoms with E-state index in [4.69, 9.17) is 5.73 Å². The first-order valence-corrected chi connectivity index (χ1v) is 2.81. The molecule has 5 nitrogen and oxygen atoms in total. The summed E-state index contributed by atoms with van der Waals surface area (Å²) >= 11 is 0. The molecular weight excluding hydrogens is 124 g/mol. The van der Waals surface area contributed by atoms with E-state index in [1.54, 1.807) is 6.92 Å². The average molecular weight is 136 g/mol. The quantitative estimate of drug-likeness (QED) is 0.438. The van der Waals surface area contributed by atoms with E-state index < -0.39 is 5.39 Å². The van der Waals surface area contributed by atoms with Gasteiger partial charge in [-0.1, -0.05) is 5.39 Å². The Hall–Kier alpha value is -0.200. The Morgan fingerprint density at radius 2 is 2.22 bits per heavy atom. The Labute approximate surface area is 53.8 Å². The predicted octanol–water partition coefficient (Wildman–Crippen LogP) is -1.79. The van der Waals surface area contributed by atoms with Gasteiger partial charge in [0.2, 0.25) is 0 Å². The number of hydrogen-bond acceptors (Lipinski definition) is 4. The molecular formula is C4H12N2O3. The molecule has 0 bridgehead atoms.